The van der Waals surface area contributed by atoms with Gasteiger partial charge in [-0.15, -0.1) is 0 Å². The minimum absolute atomic E-state index is 0.159. The number of hydrogen-bond donors (Lipinski definition) is 1. The predicted octanol–water partition coefficient (Wildman–Crippen LogP) is 3.45. The highest BCUT2D eigenvalue weighted by Gasteiger charge is 2.19. The second-order valence-corrected chi connectivity index (χ2v) is 5.16. The topological polar surface area (TPSA) is 38.0 Å². The molecule has 0 spiro atoms. The summed E-state index contributed by atoms with van der Waals surface area (Å²) in [6.45, 7) is 1.79. The van der Waals surface area contributed by atoms with Gasteiger partial charge in [-0.3, -0.25) is 4.68 Å². The van der Waals surface area contributed by atoms with E-state index < -0.39 is 11.9 Å². The minimum Gasteiger partial charge on any atom is -0.388 e. The largest absolute Gasteiger partial charge is 0.388 e. The van der Waals surface area contributed by atoms with Crippen LogP contribution in [0.4, 0.5) is 4.39 Å². The molecule has 0 aliphatic carbocycles. The number of halogens is 3. The van der Waals surface area contributed by atoms with Crippen molar-refractivity contribution < 1.29 is 9.50 Å². The SMILES string of the molecule is Cc1nn(C)c(Cl)c1CC(O)c1cc(Cl)ccc1F. The summed E-state index contributed by atoms with van der Waals surface area (Å²) in [4.78, 5) is 0. The molecular formula is C13H13Cl2FN2O. The summed E-state index contributed by atoms with van der Waals surface area (Å²) < 4.78 is 15.2. The molecule has 0 fully saturated rings. The van der Waals surface area contributed by atoms with E-state index >= 15 is 0 Å². The molecule has 0 saturated heterocycles. The van der Waals surface area contributed by atoms with E-state index in [1.165, 1.54) is 22.9 Å². The number of nitrogens with zero attached hydrogens (tertiary/aromatic N) is 2. The molecule has 2 aromatic rings. The zero-order valence-electron chi connectivity index (χ0n) is 10.5. The molecule has 1 unspecified atom stereocenters. The third-order valence-corrected chi connectivity index (χ3v) is 3.69. The Hall–Kier alpha value is -1.10. The van der Waals surface area contributed by atoms with Crippen LogP contribution in [0.2, 0.25) is 10.2 Å². The molecule has 2 rings (SSSR count). The second-order valence-electron chi connectivity index (χ2n) is 4.36. The van der Waals surface area contributed by atoms with E-state index in [0.29, 0.717) is 21.4 Å². The molecule has 6 heteroatoms. The quantitative estimate of drug-likeness (QED) is 0.943. The van der Waals surface area contributed by atoms with Crippen molar-refractivity contribution in [2.75, 3.05) is 0 Å². The Balaban J connectivity index is 2.30. The van der Waals surface area contributed by atoms with Crippen molar-refractivity contribution in [1.29, 1.82) is 0 Å². The molecule has 1 aromatic carbocycles. The van der Waals surface area contributed by atoms with Gasteiger partial charge < -0.3 is 5.11 Å². The minimum atomic E-state index is -1.01. The number of aliphatic hydroxyl groups is 1. The maximum absolute atomic E-state index is 13.7. The van der Waals surface area contributed by atoms with Crippen LogP contribution in [0.5, 0.6) is 0 Å². The first-order chi connectivity index (χ1) is 8.90. The summed E-state index contributed by atoms with van der Waals surface area (Å²) in [6.07, 6.45) is -0.824. The van der Waals surface area contributed by atoms with E-state index in [9.17, 15) is 9.50 Å². The lowest BCUT2D eigenvalue weighted by molar-refractivity contribution is 0.173. The molecule has 0 aliphatic heterocycles. The van der Waals surface area contributed by atoms with Gasteiger partial charge in [0.1, 0.15) is 11.0 Å². The number of rotatable bonds is 3. The summed E-state index contributed by atoms with van der Waals surface area (Å²) in [7, 11) is 1.71. The Labute approximate surface area is 120 Å². The van der Waals surface area contributed by atoms with E-state index in [2.05, 4.69) is 5.10 Å². The van der Waals surface area contributed by atoms with Crippen LogP contribution in [0.25, 0.3) is 0 Å². The summed E-state index contributed by atoms with van der Waals surface area (Å²) in [5, 5.41) is 15.1. The predicted molar refractivity (Wildman–Crippen MR) is 73.0 cm³/mol. The zero-order chi connectivity index (χ0) is 14.2. The maximum Gasteiger partial charge on any atom is 0.130 e. The van der Waals surface area contributed by atoms with Gasteiger partial charge in [-0.25, -0.2) is 4.39 Å². The highest BCUT2D eigenvalue weighted by atomic mass is 35.5. The maximum atomic E-state index is 13.7. The van der Waals surface area contributed by atoms with Gasteiger partial charge in [0.25, 0.3) is 0 Å². The fraction of sp³-hybridized carbons (Fsp3) is 0.308. The van der Waals surface area contributed by atoms with E-state index in [1.807, 2.05) is 0 Å². The third-order valence-electron chi connectivity index (χ3n) is 2.98. The number of aromatic nitrogens is 2. The molecule has 1 N–H and O–H groups in total. The average molecular weight is 303 g/mol. The van der Waals surface area contributed by atoms with Gasteiger partial charge >= 0.3 is 0 Å². The molecule has 102 valence electrons. The molecule has 1 atom stereocenters. The number of benzene rings is 1. The van der Waals surface area contributed by atoms with Crippen LogP contribution >= 0.6 is 23.2 Å². The first kappa shape index (κ1) is 14.3. The summed E-state index contributed by atoms with van der Waals surface area (Å²) in [5.41, 5.74) is 1.58. The van der Waals surface area contributed by atoms with Crippen molar-refractivity contribution >= 4 is 23.2 Å². The summed E-state index contributed by atoms with van der Waals surface area (Å²) in [6, 6.07) is 4.09. The lowest BCUT2D eigenvalue weighted by Gasteiger charge is -2.12. The molecule has 0 bridgehead atoms. The van der Waals surface area contributed by atoms with Crippen LogP contribution in [-0.2, 0) is 13.5 Å². The van der Waals surface area contributed by atoms with Crippen molar-refractivity contribution in [3.05, 3.63) is 51.0 Å². The van der Waals surface area contributed by atoms with Crippen LogP contribution in [0.3, 0.4) is 0 Å². The number of hydrogen-bond acceptors (Lipinski definition) is 2. The molecule has 0 radical (unpaired) electrons. The highest BCUT2D eigenvalue weighted by Crippen LogP contribution is 2.28. The van der Waals surface area contributed by atoms with Gasteiger partial charge in [0, 0.05) is 29.6 Å². The Morgan fingerprint density at radius 1 is 1.42 bits per heavy atom. The number of aliphatic hydroxyl groups excluding tert-OH is 1. The molecule has 1 aromatic heterocycles. The first-order valence-electron chi connectivity index (χ1n) is 5.71. The Bertz CT molecular complexity index is 613. The van der Waals surface area contributed by atoms with Crippen LogP contribution in [0.15, 0.2) is 18.2 Å². The summed E-state index contributed by atoms with van der Waals surface area (Å²) >= 11 is 11.9. The van der Waals surface area contributed by atoms with E-state index in [4.69, 9.17) is 23.2 Å². The number of aryl methyl sites for hydroxylation is 2. The van der Waals surface area contributed by atoms with Gasteiger partial charge in [-0.05, 0) is 25.1 Å². The van der Waals surface area contributed by atoms with Crippen LogP contribution in [0, 0.1) is 12.7 Å². The lowest BCUT2D eigenvalue weighted by Crippen LogP contribution is -2.05. The fourth-order valence-electron chi connectivity index (χ4n) is 1.98. The highest BCUT2D eigenvalue weighted by molar-refractivity contribution is 6.30. The van der Waals surface area contributed by atoms with E-state index in [-0.39, 0.29) is 12.0 Å². The van der Waals surface area contributed by atoms with Crippen molar-refractivity contribution in [2.24, 2.45) is 7.05 Å². The van der Waals surface area contributed by atoms with Gasteiger partial charge in [-0.2, -0.15) is 5.10 Å². The van der Waals surface area contributed by atoms with Crippen molar-refractivity contribution in [2.45, 2.75) is 19.4 Å². The van der Waals surface area contributed by atoms with Crippen molar-refractivity contribution in [3.8, 4) is 0 Å². The van der Waals surface area contributed by atoms with Crippen LogP contribution in [-0.4, -0.2) is 14.9 Å². The molecule has 3 nitrogen and oxygen atoms in total. The molecular weight excluding hydrogens is 290 g/mol. The Morgan fingerprint density at radius 2 is 2.11 bits per heavy atom. The molecule has 1 heterocycles. The molecule has 0 amide bonds. The van der Waals surface area contributed by atoms with Gasteiger partial charge in [0.2, 0.25) is 0 Å². The van der Waals surface area contributed by atoms with E-state index in [1.54, 1.807) is 14.0 Å². The normalized spacial score (nSPS) is 12.7. The van der Waals surface area contributed by atoms with Gasteiger partial charge in [0.05, 0.1) is 11.8 Å². The standard InChI is InChI=1S/C13H13Cl2FN2O/c1-7-9(13(15)18(2)17-7)6-12(19)10-5-8(14)3-4-11(10)16/h3-5,12,19H,6H2,1-2H3. The monoisotopic (exact) mass is 302 g/mol. The molecule has 0 saturated carbocycles. The zero-order valence-corrected chi connectivity index (χ0v) is 12.0. The molecule has 0 aliphatic rings. The molecule has 19 heavy (non-hydrogen) atoms. The average Bonchev–Trinajstić information content (AvgIpc) is 2.59. The smallest absolute Gasteiger partial charge is 0.130 e. The van der Waals surface area contributed by atoms with Crippen LogP contribution < -0.4 is 0 Å². The first-order valence-corrected chi connectivity index (χ1v) is 6.46. The van der Waals surface area contributed by atoms with E-state index in [0.717, 1.165) is 0 Å². The van der Waals surface area contributed by atoms with Crippen LogP contribution in [0.1, 0.15) is 22.9 Å². The Morgan fingerprint density at radius 3 is 2.68 bits per heavy atom. The van der Waals surface area contributed by atoms with Crippen molar-refractivity contribution in [1.82, 2.24) is 9.78 Å². The summed E-state index contributed by atoms with van der Waals surface area (Å²) in [5.74, 6) is -0.491. The third kappa shape index (κ3) is 2.91. The lowest BCUT2D eigenvalue weighted by atomic mass is 10.0. The van der Waals surface area contributed by atoms with Crippen molar-refractivity contribution in [3.63, 3.8) is 0 Å². The second kappa shape index (κ2) is 5.49. The van der Waals surface area contributed by atoms with Gasteiger partial charge in [-0.1, -0.05) is 23.2 Å². The fourth-order valence-corrected chi connectivity index (χ4v) is 2.41. The Kier molecular flexibility index (Phi) is 4.13. The van der Waals surface area contributed by atoms with Gasteiger partial charge in [0.15, 0.2) is 0 Å².